The molecule has 1 fully saturated rings. The SMILES string of the molecule is C.CCN(CC)CC.CCN(CC)CC.Cc1ccc(S(=O)(=O)Cl)cc1.Cc1ccc(S(=O)(=O)OCC[C@H](O)c2ccccc2)cc1.Cc1cccc(N)c1.Cc1cccc(N2CC[C@@H](c3ccccc3)OC2=O)c1.Cc1cccc(NCC[C@H](O)c2ccccc2)c1.OCC[C@H](O)c1ccccc1. The lowest BCUT2D eigenvalue weighted by molar-refractivity contribution is 0.0841. The first-order chi connectivity index (χ1) is 49.3. The van der Waals surface area contributed by atoms with Crippen LogP contribution in [0.3, 0.4) is 0 Å². The average molecular weight is 1480 g/mol. The number of nitrogen functional groups attached to an aromatic ring is 1. The van der Waals surface area contributed by atoms with Gasteiger partial charge in [0.05, 0.1) is 34.7 Å². The van der Waals surface area contributed by atoms with E-state index in [0.29, 0.717) is 19.4 Å². The predicted octanol–water partition coefficient (Wildman–Crippen LogP) is 18.4. The summed E-state index contributed by atoms with van der Waals surface area (Å²) in [7, 11) is -2.23. The number of carbonyl (C=O) groups is 1. The van der Waals surface area contributed by atoms with Gasteiger partial charge in [0.15, 0.2) is 0 Å². The maximum atomic E-state index is 12.2. The molecule has 1 saturated heterocycles. The fraction of sp³-hybridized carbons (Fsp3) is 0.353. The minimum Gasteiger partial charge on any atom is -0.441 e. The molecule has 0 saturated carbocycles. The Balaban J connectivity index is 0.000000417. The first-order valence-corrected chi connectivity index (χ1v) is 39.0. The summed E-state index contributed by atoms with van der Waals surface area (Å²) in [5.41, 5.74) is 17.5. The predicted molar refractivity (Wildman–Crippen MR) is 431 cm³/mol. The highest BCUT2D eigenvalue weighted by Gasteiger charge is 2.29. The Labute approximate surface area is 627 Å². The topological polar surface area (TPSA) is 232 Å². The van der Waals surface area contributed by atoms with Gasteiger partial charge in [-0.3, -0.25) is 9.08 Å². The Bertz CT molecular complexity index is 3900. The number of anilines is 3. The highest BCUT2D eigenvalue weighted by atomic mass is 35.7. The molecule has 0 spiro atoms. The van der Waals surface area contributed by atoms with Crippen molar-refractivity contribution in [2.45, 2.75) is 143 Å². The minimum atomic E-state index is -3.77. The van der Waals surface area contributed by atoms with Crippen LogP contribution in [0.5, 0.6) is 0 Å². The van der Waals surface area contributed by atoms with E-state index in [-0.39, 0.29) is 49.0 Å². The van der Waals surface area contributed by atoms with Crippen molar-refractivity contribution < 1.29 is 51.0 Å². The van der Waals surface area contributed by atoms with Gasteiger partial charge < -0.3 is 46.0 Å². The second-order valence-corrected chi connectivity index (χ2v) is 28.4. The first kappa shape index (κ1) is 91.8. The van der Waals surface area contributed by atoms with Crippen LogP contribution in [-0.4, -0.2) is 119 Å². The molecular formula is C85H116ClN5O11S2. The molecule has 104 heavy (non-hydrogen) atoms. The highest BCUT2D eigenvalue weighted by molar-refractivity contribution is 8.13. The molecule has 7 N–H and O–H groups in total. The zero-order chi connectivity index (χ0) is 76.0. The lowest BCUT2D eigenvalue weighted by Gasteiger charge is -2.32. The number of aliphatic hydroxyl groups excluding tert-OH is 4. The van der Waals surface area contributed by atoms with E-state index in [4.69, 9.17) is 30.4 Å². The molecule has 1 heterocycles. The van der Waals surface area contributed by atoms with Gasteiger partial charge in [-0.2, -0.15) is 8.42 Å². The Morgan fingerprint density at radius 2 is 0.913 bits per heavy atom. The largest absolute Gasteiger partial charge is 0.441 e. The number of nitrogens with one attached hydrogen (secondary N) is 1. The third kappa shape index (κ3) is 37.5. The standard InChI is InChI=1S/C17H17NO2.C16H19NO.C16H18O4S.C9H12O2.C7H7ClO2S.C7H9N.2C6H15N.CH4/c1-13-6-5-9-15(12-13)18-11-10-16(20-17(18)19)14-7-3-2-4-8-14;1-13-6-5-9-15(12-13)17-11-10-16(18)14-7-3-2-4-8-14;1-13-7-9-15(10-8-13)21(18,19)20-12-11-16(17)14-5-3-2-4-6-14;10-7-6-9(11)8-4-2-1-3-5-8;1-6-2-4-7(5-3-6)11(8,9)10;1-6-3-2-4-7(8)5-6;2*1-4-7(5-2)6-3;/h2-9,12,16H,10-11H2,1H3;2-9,12,16-18H,10-11H2,1H3;2-10,16-17H,11-12H2,1H3;1-5,9-11H,6-7H2;2-5H,1H3;2-5H,8H2,1H3;2*4-6H2,1-3H3;1H4/t3*16-;9-;;;;;/m0000...../s1. The molecule has 9 aromatic carbocycles. The van der Waals surface area contributed by atoms with Gasteiger partial charge in [-0.05, 0) is 180 Å². The van der Waals surface area contributed by atoms with E-state index in [1.54, 1.807) is 41.3 Å². The van der Waals surface area contributed by atoms with Crippen molar-refractivity contribution in [2.75, 3.05) is 81.5 Å². The van der Waals surface area contributed by atoms with Crippen molar-refractivity contribution in [1.29, 1.82) is 0 Å². The van der Waals surface area contributed by atoms with E-state index >= 15 is 0 Å². The van der Waals surface area contributed by atoms with Gasteiger partial charge in [-0.1, -0.05) is 242 Å². The summed E-state index contributed by atoms with van der Waals surface area (Å²) < 4.78 is 55.9. The molecular weight excluding hydrogens is 1370 g/mol. The van der Waals surface area contributed by atoms with Crippen LogP contribution in [0, 0.1) is 34.6 Å². The van der Waals surface area contributed by atoms with E-state index in [2.05, 4.69) is 75.7 Å². The Morgan fingerprint density at radius 1 is 0.510 bits per heavy atom. The summed E-state index contributed by atoms with van der Waals surface area (Å²) in [6.07, 6.45) is 0.0745. The average Bonchev–Trinajstić information content (AvgIpc) is 0.824. The number of cyclic esters (lactones) is 1. The molecule has 16 nitrogen and oxygen atoms in total. The molecule has 9 aromatic rings. The monoisotopic (exact) mass is 1480 g/mol. The molecule has 0 radical (unpaired) electrons. The highest BCUT2D eigenvalue weighted by Crippen LogP contribution is 2.30. The van der Waals surface area contributed by atoms with E-state index < -0.39 is 37.5 Å². The number of hydrogen-bond acceptors (Lipinski definition) is 15. The van der Waals surface area contributed by atoms with Crippen LogP contribution in [0.4, 0.5) is 21.9 Å². The normalized spacial score (nSPS) is 13.0. The third-order valence-electron chi connectivity index (χ3n) is 16.3. The first-order valence-electron chi connectivity index (χ1n) is 35.3. The van der Waals surface area contributed by atoms with Gasteiger partial charge in [0, 0.05) is 66.7 Å². The second kappa shape index (κ2) is 51.8. The number of nitrogens with zero attached hydrogens (tertiary/aromatic N) is 3. The van der Waals surface area contributed by atoms with Crippen molar-refractivity contribution in [1.82, 2.24) is 9.80 Å². The summed E-state index contributed by atoms with van der Waals surface area (Å²) in [6.45, 7) is 31.5. The molecule has 19 heteroatoms. The van der Waals surface area contributed by atoms with E-state index in [0.717, 1.165) is 69.0 Å². The molecule has 0 unspecified atom stereocenters. The molecule has 4 atom stereocenters. The molecule has 1 amide bonds. The van der Waals surface area contributed by atoms with Crippen molar-refractivity contribution in [3.05, 3.63) is 293 Å². The quantitative estimate of drug-likeness (QED) is 0.0199. The van der Waals surface area contributed by atoms with E-state index in [1.165, 1.54) is 74.7 Å². The molecule has 1 aliphatic heterocycles. The smallest absolute Gasteiger partial charge is 0.414 e. The van der Waals surface area contributed by atoms with Gasteiger partial charge in [0.25, 0.3) is 19.2 Å². The zero-order valence-corrected chi connectivity index (χ0v) is 64.5. The Kier molecular flexibility index (Phi) is 45.8. The molecule has 566 valence electrons. The van der Waals surface area contributed by atoms with Crippen LogP contribution in [0.25, 0.3) is 0 Å². The van der Waals surface area contributed by atoms with Crippen LogP contribution in [0.2, 0.25) is 0 Å². The Morgan fingerprint density at radius 3 is 1.30 bits per heavy atom. The number of halogens is 1. The summed E-state index contributed by atoms with van der Waals surface area (Å²) in [5.74, 6) is 0. The number of benzene rings is 9. The maximum absolute atomic E-state index is 12.2. The third-order valence-corrected chi connectivity index (χ3v) is 18.9. The van der Waals surface area contributed by atoms with Gasteiger partial charge in [-0.15, -0.1) is 0 Å². The molecule has 0 aliphatic carbocycles. The van der Waals surface area contributed by atoms with Crippen molar-refractivity contribution in [3.63, 3.8) is 0 Å². The van der Waals surface area contributed by atoms with E-state index in [9.17, 15) is 36.9 Å². The number of rotatable bonds is 23. The van der Waals surface area contributed by atoms with Gasteiger partial charge in [0.1, 0.15) is 6.10 Å². The summed E-state index contributed by atoms with van der Waals surface area (Å²) in [4.78, 5) is 18.9. The summed E-state index contributed by atoms with van der Waals surface area (Å²) in [6, 6.07) is 74.9. The number of aryl methyl sites for hydroxylation is 5. The number of carbonyl (C=O) groups excluding carboxylic acids is 1. The molecule has 0 bridgehead atoms. The fourth-order valence-electron chi connectivity index (χ4n) is 10.0. The minimum absolute atomic E-state index is 0. The number of hydrogen-bond donors (Lipinski definition) is 6. The van der Waals surface area contributed by atoms with Crippen molar-refractivity contribution >= 4 is 53.0 Å². The fourth-order valence-corrected chi connectivity index (χ4v) is 11.7. The van der Waals surface area contributed by atoms with Gasteiger partial charge in [0.2, 0.25) is 0 Å². The molecule has 0 aromatic heterocycles. The zero-order valence-electron chi connectivity index (χ0n) is 62.1. The second-order valence-electron chi connectivity index (χ2n) is 24.2. The van der Waals surface area contributed by atoms with Crippen LogP contribution in [0.1, 0.15) is 149 Å². The van der Waals surface area contributed by atoms with Crippen LogP contribution in [0.15, 0.2) is 252 Å². The number of aliphatic hydroxyl groups is 4. The van der Waals surface area contributed by atoms with Crippen molar-refractivity contribution in [2.24, 2.45) is 0 Å². The number of ether oxygens (including phenoxy) is 1. The summed E-state index contributed by atoms with van der Waals surface area (Å²) >= 11 is 0. The molecule has 10 rings (SSSR count). The Hall–Kier alpha value is -8.24. The van der Waals surface area contributed by atoms with Crippen LogP contribution < -0.4 is 16.0 Å². The summed E-state index contributed by atoms with van der Waals surface area (Å²) in [5, 5.41) is 41.2. The van der Waals surface area contributed by atoms with E-state index in [1.807, 2.05) is 198 Å². The van der Waals surface area contributed by atoms with Crippen LogP contribution >= 0.6 is 10.7 Å². The lowest BCUT2D eigenvalue weighted by atomic mass is 10.0. The number of amides is 1. The van der Waals surface area contributed by atoms with Crippen LogP contribution in [-0.2, 0) is 28.1 Å². The maximum Gasteiger partial charge on any atom is 0.414 e. The van der Waals surface area contributed by atoms with Gasteiger partial charge in [-0.25, -0.2) is 13.2 Å². The van der Waals surface area contributed by atoms with Gasteiger partial charge >= 0.3 is 6.09 Å². The van der Waals surface area contributed by atoms with Crippen molar-refractivity contribution in [3.8, 4) is 0 Å². The molecule has 1 aliphatic rings. The lowest BCUT2D eigenvalue weighted by Crippen LogP contribution is -2.39. The number of nitrogens with two attached hydrogens (primary N) is 1.